The minimum atomic E-state index is -0.570. The predicted octanol–water partition coefficient (Wildman–Crippen LogP) is 1.84. The molecule has 0 rings (SSSR count). The molecule has 0 saturated heterocycles. The molecular weight excluding hydrogens is 290 g/mol. The lowest BCUT2D eigenvalue weighted by atomic mass is 9.90. The highest BCUT2D eigenvalue weighted by molar-refractivity contribution is 5.89. The second-order valence-electron chi connectivity index (χ2n) is 7.30. The lowest BCUT2D eigenvalue weighted by Gasteiger charge is -2.33. The maximum atomic E-state index is 12.2. The van der Waals surface area contributed by atoms with Gasteiger partial charge in [-0.1, -0.05) is 34.6 Å². The molecule has 0 aliphatic carbocycles. The summed E-state index contributed by atoms with van der Waals surface area (Å²) in [5, 5.41) is 5.68. The van der Waals surface area contributed by atoms with Crippen molar-refractivity contribution < 1.29 is 9.59 Å². The van der Waals surface area contributed by atoms with E-state index in [1.54, 1.807) is 6.92 Å². The van der Waals surface area contributed by atoms with Crippen molar-refractivity contribution in [2.24, 2.45) is 17.1 Å². The van der Waals surface area contributed by atoms with Crippen molar-refractivity contribution in [1.82, 2.24) is 10.6 Å². The number of nitrogens with one attached hydrogen (secondary N) is 2. The van der Waals surface area contributed by atoms with Gasteiger partial charge in [0, 0.05) is 17.5 Å². The normalized spacial score (nSPS) is 15.7. The summed E-state index contributed by atoms with van der Waals surface area (Å²) >= 11 is 0. The molecule has 6 heteroatoms. The first kappa shape index (κ1) is 22.5. The number of rotatable bonds is 6. The lowest BCUT2D eigenvalue weighted by Crippen LogP contribution is -2.57. The number of hydrogen-bond donors (Lipinski definition) is 3. The molecule has 21 heavy (non-hydrogen) atoms. The zero-order valence-electron chi connectivity index (χ0n) is 14.4. The molecule has 0 aromatic carbocycles. The Morgan fingerprint density at radius 2 is 1.57 bits per heavy atom. The highest BCUT2D eigenvalue weighted by atomic mass is 35.5. The first-order chi connectivity index (χ1) is 8.91. The molecule has 126 valence electrons. The quantitative estimate of drug-likeness (QED) is 0.698. The van der Waals surface area contributed by atoms with E-state index in [0.717, 1.165) is 6.42 Å². The Morgan fingerprint density at radius 1 is 1.10 bits per heavy atom. The van der Waals surface area contributed by atoms with E-state index >= 15 is 0 Å². The zero-order chi connectivity index (χ0) is 16.1. The molecule has 4 N–H and O–H groups in total. The largest absolute Gasteiger partial charge is 0.348 e. The molecule has 0 fully saturated rings. The Balaban J connectivity index is 0. The molecule has 0 aliphatic rings. The number of amides is 2. The number of halogens is 1. The Bertz CT molecular complexity index is 353. The molecule has 2 amide bonds. The summed E-state index contributed by atoms with van der Waals surface area (Å²) in [4.78, 5) is 24.1. The summed E-state index contributed by atoms with van der Waals surface area (Å²) in [7, 11) is 0. The third-order valence-electron chi connectivity index (χ3n) is 3.16. The van der Waals surface area contributed by atoms with Crippen LogP contribution in [0.1, 0.15) is 54.9 Å². The Labute approximate surface area is 135 Å². The van der Waals surface area contributed by atoms with Gasteiger partial charge >= 0.3 is 0 Å². The fourth-order valence-corrected chi connectivity index (χ4v) is 1.97. The van der Waals surface area contributed by atoms with Gasteiger partial charge in [-0.2, -0.15) is 0 Å². The van der Waals surface area contributed by atoms with E-state index in [-0.39, 0.29) is 24.2 Å². The Hall–Kier alpha value is -0.810. The van der Waals surface area contributed by atoms with E-state index in [2.05, 4.69) is 24.5 Å². The third kappa shape index (κ3) is 8.27. The molecule has 0 aromatic rings. The summed E-state index contributed by atoms with van der Waals surface area (Å²) in [5.41, 5.74) is 4.82. The van der Waals surface area contributed by atoms with Gasteiger partial charge < -0.3 is 16.4 Å². The summed E-state index contributed by atoms with van der Waals surface area (Å²) < 4.78 is 0. The smallest absolute Gasteiger partial charge is 0.242 e. The Morgan fingerprint density at radius 3 is 1.90 bits per heavy atom. The van der Waals surface area contributed by atoms with Crippen LogP contribution in [0.4, 0.5) is 0 Å². The predicted molar refractivity (Wildman–Crippen MR) is 89.4 cm³/mol. The van der Waals surface area contributed by atoms with Crippen molar-refractivity contribution in [1.29, 1.82) is 0 Å². The zero-order valence-corrected chi connectivity index (χ0v) is 15.2. The van der Waals surface area contributed by atoms with Gasteiger partial charge in [-0.25, -0.2) is 0 Å². The average Bonchev–Trinajstić information content (AvgIpc) is 2.26. The number of carbonyl (C=O) groups excluding carboxylic acids is 2. The molecule has 0 aliphatic heterocycles. The van der Waals surface area contributed by atoms with Crippen LogP contribution in [0, 0.1) is 11.3 Å². The number of carbonyl (C=O) groups is 2. The molecule has 2 unspecified atom stereocenters. The topological polar surface area (TPSA) is 84.2 Å². The second-order valence-corrected chi connectivity index (χ2v) is 7.30. The van der Waals surface area contributed by atoms with Gasteiger partial charge in [0.2, 0.25) is 11.8 Å². The minimum Gasteiger partial charge on any atom is -0.348 e. The van der Waals surface area contributed by atoms with Crippen molar-refractivity contribution in [2.75, 3.05) is 6.54 Å². The maximum absolute atomic E-state index is 12.2. The molecule has 0 aromatic heterocycles. The van der Waals surface area contributed by atoms with Crippen molar-refractivity contribution in [3.63, 3.8) is 0 Å². The molecule has 0 bridgehead atoms. The molecule has 5 nitrogen and oxygen atoms in total. The van der Waals surface area contributed by atoms with Crippen LogP contribution >= 0.6 is 12.4 Å². The SMILES string of the molecule is CC(C)CC(C)(CN)NC(=O)C(C)NC(=O)C(C)(C)C.Cl. The van der Waals surface area contributed by atoms with E-state index in [1.807, 2.05) is 27.7 Å². The van der Waals surface area contributed by atoms with E-state index < -0.39 is 17.0 Å². The van der Waals surface area contributed by atoms with Crippen LogP contribution in [-0.2, 0) is 9.59 Å². The summed E-state index contributed by atoms with van der Waals surface area (Å²) in [6.07, 6.45) is 0.801. The van der Waals surface area contributed by atoms with Crippen LogP contribution in [0.2, 0.25) is 0 Å². The third-order valence-corrected chi connectivity index (χ3v) is 3.16. The van der Waals surface area contributed by atoms with Crippen molar-refractivity contribution in [3.8, 4) is 0 Å². The fraction of sp³-hybridized carbons (Fsp3) is 0.867. The summed E-state index contributed by atoms with van der Waals surface area (Å²) in [5.74, 6) is 0.0954. The lowest BCUT2D eigenvalue weighted by molar-refractivity contribution is -0.133. The fourth-order valence-electron chi connectivity index (χ4n) is 1.97. The van der Waals surface area contributed by atoms with Crippen LogP contribution in [0.3, 0.4) is 0 Å². The van der Waals surface area contributed by atoms with E-state index in [4.69, 9.17) is 5.73 Å². The summed E-state index contributed by atoms with van der Waals surface area (Å²) in [6, 6.07) is -0.570. The number of hydrogen-bond acceptors (Lipinski definition) is 3. The average molecular weight is 322 g/mol. The first-order valence-corrected chi connectivity index (χ1v) is 7.24. The minimum absolute atomic E-state index is 0. The molecular formula is C15H32ClN3O2. The van der Waals surface area contributed by atoms with Gasteiger partial charge in [0.1, 0.15) is 6.04 Å². The Kier molecular flexibility index (Phi) is 9.19. The van der Waals surface area contributed by atoms with Crippen molar-refractivity contribution in [2.45, 2.75) is 66.5 Å². The second kappa shape index (κ2) is 8.59. The highest BCUT2D eigenvalue weighted by Crippen LogP contribution is 2.16. The van der Waals surface area contributed by atoms with E-state index in [0.29, 0.717) is 12.5 Å². The first-order valence-electron chi connectivity index (χ1n) is 7.24. The van der Waals surface area contributed by atoms with Gasteiger partial charge in [-0.05, 0) is 26.2 Å². The number of nitrogens with two attached hydrogens (primary N) is 1. The van der Waals surface area contributed by atoms with Crippen LogP contribution in [-0.4, -0.2) is 29.9 Å². The van der Waals surface area contributed by atoms with Gasteiger partial charge in [0.25, 0.3) is 0 Å². The van der Waals surface area contributed by atoms with Gasteiger partial charge in [-0.15, -0.1) is 12.4 Å². The van der Waals surface area contributed by atoms with Crippen LogP contribution in [0.25, 0.3) is 0 Å². The van der Waals surface area contributed by atoms with Crippen LogP contribution < -0.4 is 16.4 Å². The van der Waals surface area contributed by atoms with Gasteiger partial charge in [-0.3, -0.25) is 9.59 Å². The van der Waals surface area contributed by atoms with E-state index in [1.165, 1.54) is 0 Å². The monoisotopic (exact) mass is 321 g/mol. The van der Waals surface area contributed by atoms with Gasteiger partial charge in [0.15, 0.2) is 0 Å². The van der Waals surface area contributed by atoms with Gasteiger partial charge in [0.05, 0.1) is 0 Å². The standard InChI is InChI=1S/C15H31N3O2.ClH/c1-10(2)8-15(7,9-16)18-12(19)11(3)17-13(20)14(4,5)6;/h10-11H,8-9,16H2,1-7H3,(H,17,20)(H,18,19);1H. The van der Waals surface area contributed by atoms with Crippen molar-refractivity contribution >= 4 is 24.2 Å². The highest BCUT2D eigenvalue weighted by Gasteiger charge is 2.30. The molecule has 2 atom stereocenters. The maximum Gasteiger partial charge on any atom is 0.242 e. The van der Waals surface area contributed by atoms with Crippen LogP contribution in [0.5, 0.6) is 0 Å². The summed E-state index contributed by atoms with van der Waals surface area (Å²) in [6.45, 7) is 13.6. The molecule has 0 saturated carbocycles. The molecule has 0 heterocycles. The molecule has 0 spiro atoms. The van der Waals surface area contributed by atoms with Crippen LogP contribution in [0.15, 0.2) is 0 Å². The molecule has 0 radical (unpaired) electrons. The van der Waals surface area contributed by atoms with E-state index in [9.17, 15) is 9.59 Å². The van der Waals surface area contributed by atoms with Crippen molar-refractivity contribution in [3.05, 3.63) is 0 Å².